The van der Waals surface area contributed by atoms with Gasteiger partial charge in [0.15, 0.2) is 0 Å². The lowest BCUT2D eigenvalue weighted by atomic mass is 10.2. The van der Waals surface area contributed by atoms with Gasteiger partial charge in [0, 0.05) is 12.1 Å². The maximum absolute atomic E-state index is 13.3. The lowest BCUT2D eigenvalue weighted by molar-refractivity contribution is 0.378. The number of ether oxygens (including phenoxy) is 1. The van der Waals surface area contributed by atoms with E-state index in [4.69, 9.17) is 4.74 Å². The Morgan fingerprint density at radius 2 is 2.23 bits per heavy atom. The summed E-state index contributed by atoms with van der Waals surface area (Å²) in [4.78, 5) is 1.65. The van der Waals surface area contributed by atoms with Crippen LogP contribution in [0.2, 0.25) is 0 Å². The van der Waals surface area contributed by atoms with Crippen molar-refractivity contribution >= 4 is 0 Å². The van der Waals surface area contributed by atoms with Crippen molar-refractivity contribution in [3.05, 3.63) is 36.6 Å². The van der Waals surface area contributed by atoms with Crippen LogP contribution in [0.25, 0.3) is 0 Å². The van der Waals surface area contributed by atoms with Gasteiger partial charge in [0.2, 0.25) is 0 Å². The summed E-state index contributed by atoms with van der Waals surface area (Å²) < 4.78 is 18.3. The minimum absolute atomic E-state index is 0.255. The first-order valence-corrected chi connectivity index (χ1v) is 3.98. The van der Waals surface area contributed by atoms with Crippen molar-refractivity contribution in [2.75, 3.05) is 14.2 Å². The molecular formula is C10H13FNO-. The summed E-state index contributed by atoms with van der Waals surface area (Å²) in [6.07, 6.45) is 0. The fourth-order valence-corrected chi connectivity index (χ4v) is 1.15. The van der Waals surface area contributed by atoms with Crippen LogP contribution in [0, 0.1) is 12.9 Å². The van der Waals surface area contributed by atoms with Gasteiger partial charge in [-0.1, -0.05) is 6.07 Å². The first-order valence-electron chi connectivity index (χ1n) is 3.98. The molecule has 2 nitrogen and oxygen atoms in total. The molecular weight excluding hydrogens is 169 g/mol. The average molecular weight is 182 g/mol. The molecule has 0 fully saturated rings. The molecule has 0 amide bonds. The molecule has 0 heterocycles. The van der Waals surface area contributed by atoms with E-state index in [1.54, 1.807) is 24.1 Å². The molecule has 1 rings (SSSR count). The third kappa shape index (κ3) is 2.42. The lowest BCUT2D eigenvalue weighted by Gasteiger charge is -2.19. The van der Waals surface area contributed by atoms with Crippen LogP contribution in [0.5, 0.6) is 5.75 Å². The molecule has 0 radical (unpaired) electrons. The molecule has 0 atom stereocenters. The van der Waals surface area contributed by atoms with E-state index < -0.39 is 0 Å². The van der Waals surface area contributed by atoms with Gasteiger partial charge in [0.1, 0.15) is 11.6 Å². The second-order valence-corrected chi connectivity index (χ2v) is 2.93. The zero-order valence-corrected chi connectivity index (χ0v) is 7.88. The van der Waals surface area contributed by atoms with E-state index >= 15 is 0 Å². The van der Waals surface area contributed by atoms with Crippen molar-refractivity contribution in [3.63, 3.8) is 0 Å². The Balaban J connectivity index is 3.00. The maximum Gasteiger partial charge on any atom is 0.131 e. The number of hydrogen-bond donors (Lipinski definition) is 0. The van der Waals surface area contributed by atoms with Crippen LogP contribution in [0.4, 0.5) is 4.39 Å². The standard InChI is InChI=1S/C10H13FNO/c1-12(2)7-8-9(11)5-4-6-10(8)13-3/h4-6H,1,7H2,2-3H3/q-1. The summed E-state index contributed by atoms with van der Waals surface area (Å²) in [5.74, 6) is 0.311. The highest BCUT2D eigenvalue weighted by atomic mass is 19.1. The Morgan fingerprint density at radius 3 is 2.77 bits per heavy atom. The van der Waals surface area contributed by atoms with E-state index in [9.17, 15) is 4.39 Å². The van der Waals surface area contributed by atoms with Gasteiger partial charge in [0.05, 0.1) is 7.11 Å². The van der Waals surface area contributed by atoms with Crippen molar-refractivity contribution < 1.29 is 9.13 Å². The molecule has 0 aliphatic rings. The SMILES string of the molecule is [CH2-]N(C)Cc1c(F)cccc1OC. The molecule has 72 valence electrons. The quantitative estimate of drug-likeness (QED) is 0.663. The highest BCUT2D eigenvalue weighted by Crippen LogP contribution is 2.21. The van der Waals surface area contributed by atoms with Crippen LogP contribution in [0.3, 0.4) is 0 Å². The molecule has 13 heavy (non-hydrogen) atoms. The van der Waals surface area contributed by atoms with Gasteiger partial charge < -0.3 is 9.64 Å². The largest absolute Gasteiger partial charge is 0.496 e. The van der Waals surface area contributed by atoms with Crippen molar-refractivity contribution in [3.8, 4) is 5.75 Å². The molecule has 0 aliphatic carbocycles. The van der Waals surface area contributed by atoms with Gasteiger partial charge in [0.25, 0.3) is 0 Å². The zero-order chi connectivity index (χ0) is 9.84. The zero-order valence-electron chi connectivity index (χ0n) is 7.88. The minimum atomic E-state index is -0.255. The summed E-state index contributed by atoms with van der Waals surface area (Å²) in [5.41, 5.74) is 0.544. The predicted molar refractivity (Wildman–Crippen MR) is 49.8 cm³/mol. The molecule has 0 spiro atoms. The Bertz CT molecular complexity index is 286. The van der Waals surface area contributed by atoms with Crippen molar-refractivity contribution in [1.82, 2.24) is 4.90 Å². The first kappa shape index (κ1) is 9.99. The van der Waals surface area contributed by atoms with Gasteiger partial charge >= 0.3 is 0 Å². The van der Waals surface area contributed by atoms with Crippen LogP contribution >= 0.6 is 0 Å². The molecule has 0 aliphatic heterocycles. The summed E-state index contributed by atoms with van der Waals surface area (Å²) in [5, 5.41) is 0. The third-order valence-corrected chi connectivity index (χ3v) is 1.72. The number of methoxy groups -OCH3 is 1. The van der Waals surface area contributed by atoms with Crippen LogP contribution in [-0.2, 0) is 6.54 Å². The summed E-state index contributed by atoms with van der Waals surface area (Å²) in [7, 11) is 6.97. The molecule has 3 heteroatoms. The summed E-state index contributed by atoms with van der Waals surface area (Å²) >= 11 is 0. The fraction of sp³-hybridized carbons (Fsp3) is 0.300. The van der Waals surface area contributed by atoms with Crippen molar-refractivity contribution in [2.45, 2.75) is 6.54 Å². The van der Waals surface area contributed by atoms with Gasteiger partial charge in [-0.25, -0.2) is 4.39 Å². The Labute approximate surface area is 77.9 Å². The second-order valence-electron chi connectivity index (χ2n) is 2.93. The minimum Gasteiger partial charge on any atom is -0.496 e. The number of halogens is 1. The highest BCUT2D eigenvalue weighted by Gasteiger charge is 2.07. The number of hydrogen-bond acceptors (Lipinski definition) is 2. The third-order valence-electron chi connectivity index (χ3n) is 1.72. The lowest BCUT2D eigenvalue weighted by Crippen LogP contribution is -2.10. The van der Waals surface area contributed by atoms with Crippen LogP contribution in [-0.4, -0.2) is 19.1 Å². The van der Waals surface area contributed by atoms with Gasteiger partial charge in [-0.15, -0.1) is 0 Å². The topological polar surface area (TPSA) is 12.5 Å². The first-order chi connectivity index (χ1) is 6.15. The molecule has 0 saturated heterocycles. The highest BCUT2D eigenvalue weighted by molar-refractivity contribution is 5.34. The van der Waals surface area contributed by atoms with E-state index in [-0.39, 0.29) is 5.82 Å². The van der Waals surface area contributed by atoms with E-state index in [1.165, 1.54) is 13.2 Å². The average Bonchev–Trinajstić information content (AvgIpc) is 2.08. The Morgan fingerprint density at radius 1 is 1.54 bits per heavy atom. The van der Waals surface area contributed by atoms with E-state index in [0.717, 1.165) is 0 Å². The van der Waals surface area contributed by atoms with Crippen LogP contribution < -0.4 is 4.74 Å². The summed E-state index contributed by atoms with van der Waals surface area (Å²) in [6.45, 7) is 0.440. The van der Waals surface area contributed by atoms with Gasteiger partial charge in [-0.3, -0.25) is 7.05 Å². The van der Waals surface area contributed by atoms with Crippen molar-refractivity contribution in [2.24, 2.45) is 0 Å². The van der Waals surface area contributed by atoms with E-state index in [1.807, 2.05) is 0 Å². The van der Waals surface area contributed by atoms with Gasteiger partial charge in [-0.2, -0.15) is 0 Å². The molecule has 0 N–H and O–H groups in total. The van der Waals surface area contributed by atoms with E-state index in [2.05, 4.69) is 7.05 Å². The molecule has 0 bridgehead atoms. The summed E-state index contributed by atoms with van der Waals surface area (Å²) in [6, 6.07) is 4.78. The van der Waals surface area contributed by atoms with E-state index in [0.29, 0.717) is 17.9 Å². The molecule has 1 aromatic carbocycles. The van der Waals surface area contributed by atoms with Crippen LogP contribution in [0.1, 0.15) is 5.56 Å². The number of nitrogens with zero attached hydrogens (tertiary/aromatic N) is 1. The van der Waals surface area contributed by atoms with Gasteiger partial charge in [-0.05, 0) is 19.2 Å². The predicted octanol–water partition coefficient (Wildman–Crippen LogP) is 2.06. The maximum atomic E-state index is 13.3. The molecule has 0 aromatic heterocycles. The normalized spacial score (nSPS) is 10.5. The number of benzene rings is 1. The fourth-order valence-electron chi connectivity index (χ4n) is 1.15. The van der Waals surface area contributed by atoms with Crippen LogP contribution in [0.15, 0.2) is 18.2 Å². The van der Waals surface area contributed by atoms with Crippen molar-refractivity contribution in [1.29, 1.82) is 0 Å². The Kier molecular flexibility index (Phi) is 3.25. The second kappa shape index (κ2) is 4.23. The Hall–Kier alpha value is -1.09. The molecule has 0 unspecified atom stereocenters. The number of rotatable bonds is 3. The smallest absolute Gasteiger partial charge is 0.131 e. The monoisotopic (exact) mass is 182 g/mol. The molecule has 1 aromatic rings. The molecule has 0 saturated carbocycles.